The molecule has 1 aliphatic heterocycles. The van der Waals surface area contributed by atoms with Crippen molar-refractivity contribution in [1.82, 2.24) is 20.1 Å². The van der Waals surface area contributed by atoms with Crippen LogP contribution in [-0.4, -0.2) is 53.4 Å². The van der Waals surface area contributed by atoms with Gasteiger partial charge < -0.3 is 9.64 Å². The summed E-state index contributed by atoms with van der Waals surface area (Å²) in [7, 11) is 1.63. The summed E-state index contributed by atoms with van der Waals surface area (Å²) in [6.45, 7) is 6.85. The first-order valence-electron chi connectivity index (χ1n) is 7.51. The molecule has 6 heteroatoms. The van der Waals surface area contributed by atoms with Crippen molar-refractivity contribution < 1.29 is 4.74 Å². The first-order valence-corrected chi connectivity index (χ1v) is 7.51. The van der Waals surface area contributed by atoms with Gasteiger partial charge in [0.25, 0.3) is 0 Å². The zero-order valence-corrected chi connectivity index (χ0v) is 13.1. The molecule has 0 saturated carbocycles. The number of aryl methyl sites for hydroxylation is 1. The fourth-order valence-corrected chi connectivity index (χ4v) is 2.58. The SMILES string of the molecule is COc1ccc(CN2CCN(c3ccc(C)nn3)CC2)cn1. The van der Waals surface area contributed by atoms with E-state index >= 15 is 0 Å². The number of nitrogens with zero attached hydrogens (tertiary/aromatic N) is 5. The Bertz CT molecular complexity index is 591. The number of ether oxygens (including phenoxy) is 1. The van der Waals surface area contributed by atoms with Gasteiger partial charge in [-0.3, -0.25) is 4.90 Å². The molecule has 0 amide bonds. The molecule has 2 aromatic rings. The second kappa shape index (κ2) is 6.70. The van der Waals surface area contributed by atoms with Crippen LogP contribution in [0.25, 0.3) is 0 Å². The highest BCUT2D eigenvalue weighted by Crippen LogP contribution is 2.15. The van der Waals surface area contributed by atoms with Gasteiger partial charge in [-0.25, -0.2) is 4.98 Å². The van der Waals surface area contributed by atoms with Crippen molar-refractivity contribution in [2.45, 2.75) is 13.5 Å². The molecule has 1 aliphatic rings. The molecule has 0 unspecified atom stereocenters. The lowest BCUT2D eigenvalue weighted by molar-refractivity contribution is 0.248. The van der Waals surface area contributed by atoms with E-state index in [1.165, 1.54) is 5.56 Å². The molecule has 0 N–H and O–H groups in total. The number of anilines is 1. The summed E-state index contributed by atoms with van der Waals surface area (Å²) in [5.41, 5.74) is 2.17. The fourth-order valence-electron chi connectivity index (χ4n) is 2.58. The summed E-state index contributed by atoms with van der Waals surface area (Å²) in [6, 6.07) is 8.04. The van der Waals surface area contributed by atoms with E-state index in [1.54, 1.807) is 7.11 Å². The monoisotopic (exact) mass is 299 g/mol. The number of aromatic nitrogens is 3. The Hall–Kier alpha value is -2.21. The third kappa shape index (κ3) is 3.51. The van der Waals surface area contributed by atoms with Crippen LogP contribution in [0.1, 0.15) is 11.3 Å². The van der Waals surface area contributed by atoms with Crippen LogP contribution < -0.4 is 9.64 Å². The van der Waals surface area contributed by atoms with Crippen molar-refractivity contribution in [3.8, 4) is 5.88 Å². The first kappa shape index (κ1) is 14.7. The summed E-state index contributed by atoms with van der Waals surface area (Å²) in [4.78, 5) is 8.97. The van der Waals surface area contributed by atoms with Crippen molar-refractivity contribution in [2.24, 2.45) is 0 Å². The van der Waals surface area contributed by atoms with E-state index in [1.807, 2.05) is 31.3 Å². The molecule has 6 nitrogen and oxygen atoms in total. The van der Waals surface area contributed by atoms with Crippen LogP contribution in [0.4, 0.5) is 5.82 Å². The Morgan fingerprint density at radius 1 is 1.05 bits per heavy atom. The maximum Gasteiger partial charge on any atom is 0.212 e. The van der Waals surface area contributed by atoms with E-state index in [2.05, 4.69) is 31.0 Å². The second-order valence-electron chi connectivity index (χ2n) is 5.50. The van der Waals surface area contributed by atoms with Gasteiger partial charge in [-0.15, -0.1) is 5.10 Å². The van der Waals surface area contributed by atoms with Crippen molar-refractivity contribution in [3.05, 3.63) is 41.7 Å². The lowest BCUT2D eigenvalue weighted by atomic mass is 10.2. The predicted molar refractivity (Wildman–Crippen MR) is 85.0 cm³/mol. The van der Waals surface area contributed by atoms with E-state index in [4.69, 9.17) is 4.74 Å². The summed E-state index contributed by atoms with van der Waals surface area (Å²) in [5, 5.41) is 8.40. The minimum absolute atomic E-state index is 0.659. The maximum atomic E-state index is 5.09. The summed E-state index contributed by atoms with van der Waals surface area (Å²) < 4.78 is 5.09. The number of piperazine rings is 1. The van der Waals surface area contributed by atoms with Gasteiger partial charge >= 0.3 is 0 Å². The van der Waals surface area contributed by atoms with E-state index < -0.39 is 0 Å². The van der Waals surface area contributed by atoms with Crippen LogP contribution in [0.2, 0.25) is 0 Å². The number of hydrogen-bond acceptors (Lipinski definition) is 6. The molecule has 0 atom stereocenters. The molecule has 1 saturated heterocycles. The van der Waals surface area contributed by atoms with Crippen LogP contribution in [0.15, 0.2) is 30.5 Å². The smallest absolute Gasteiger partial charge is 0.212 e. The quantitative estimate of drug-likeness (QED) is 0.853. The van der Waals surface area contributed by atoms with Crippen LogP contribution in [0, 0.1) is 6.92 Å². The number of pyridine rings is 1. The molecule has 0 aromatic carbocycles. The lowest BCUT2D eigenvalue weighted by Gasteiger charge is -2.35. The summed E-state index contributed by atoms with van der Waals surface area (Å²) >= 11 is 0. The van der Waals surface area contributed by atoms with E-state index in [9.17, 15) is 0 Å². The van der Waals surface area contributed by atoms with Gasteiger partial charge in [-0.1, -0.05) is 6.07 Å². The normalized spacial score (nSPS) is 15.8. The third-order valence-corrected chi connectivity index (χ3v) is 3.89. The maximum absolute atomic E-state index is 5.09. The largest absolute Gasteiger partial charge is 0.481 e. The molecule has 0 aliphatic carbocycles. The highest BCUT2D eigenvalue weighted by atomic mass is 16.5. The molecular formula is C16H21N5O. The third-order valence-electron chi connectivity index (χ3n) is 3.89. The lowest BCUT2D eigenvalue weighted by Crippen LogP contribution is -2.46. The molecule has 22 heavy (non-hydrogen) atoms. The molecule has 0 spiro atoms. The average Bonchev–Trinajstić information content (AvgIpc) is 2.57. The molecule has 2 aromatic heterocycles. The minimum Gasteiger partial charge on any atom is -0.481 e. The highest BCUT2D eigenvalue weighted by Gasteiger charge is 2.18. The molecule has 3 heterocycles. The van der Waals surface area contributed by atoms with Crippen molar-refractivity contribution in [1.29, 1.82) is 0 Å². The Labute approximate surface area is 130 Å². The predicted octanol–water partition coefficient (Wildman–Crippen LogP) is 1.51. The van der Waals surface area contributed by atoms with Crippen molar-refractivity contribution >= 4 is 5.82 Å². The van der Waals surface area contributed by atoms with Gasteiger partial charge in [0, 0.05) is 45.0 Å². The molecule has 0 radical (unpaired) electrons. The number of rotatable bonds is 4. The molecule has 1 fully saturated rings. The number of methoxy groups -OCH3 is 1. The van der Waals surface area contributed by atoms with Crippen LogP contribution in [0.3, 0.4) is 0 Å². The van der Waals surface area contributed by atoms with Crippen LogP contribution >= 0.6 is 0 Å². The van der Waals surface area contributed by atoms with Crippen LogP contribution in [-0.2, 0) is 6.54 Å². The zero-order valence-electron chi connectivity index (χ0n) is 13.1. The van der Waals surface area contributed by atoms with Gasteiger partial charge in [-0.2, -0.15) is 5.10 Å². The topological polar surface area (TPSA) is 54.4 Å². The Morgan fingerprint density at radius 3 is 2.45 bits per heavy atom. The Morgan fingerprint density at radius 2 is 1.86 bits per heavy atom. The Kier molecular flexibility index (Phi) is 4.48. The van der Waals surface area contributed by atoms with Gasteiger partial charge in [0.05, 0.1) is 12.8 Å². The fraction of sp³-hybridized carbons (Fsp3) is 0.438. The molecule has 116 valence electrons. The van der Waals surface area contributed by atoms with E-state index in [0.717, 1.165) is 44.2 Å². The van der Waals surface area contributed by atoms with Gasteiger partial charge in [0.1, 0.15) is 0 Å². The van der Waals surface area contributed by atoms with Gasteiger partial charge in [0.15, 0.2) is 5.82 Å². The second-order valence-corrected chi connectivity index (χ2v) is 5.50. The molecule has 0 bridgehead atoms. The zero-order chi connectivity index (χ0) is 15.4. The van der Waals surface area contributed by atoms with Gasteiger partial charge in [-0.05, 0) is 24.6 Å². The average molecular weight is 299 g/mol. The Balaban J connectivity index is 1.53. The highest BCUT2D eigenvalue weighted by molar-refractivity contribution is 5.37. The van der Waals surface area contributed by atoms with Crippen molar-refractivity contribution in [3.63, 3.8) is 0 Å². The van der Waals surface area contributed by atoms with Crippen molar-refractivity contribution in [2.75, 3.05) is 38.2 Å². The minimum atomic E-state index is 0.659. The molecular weight excluding hydrogens is 278 g/mol. The summed E-state index contributed by atoms with van der Waals surface area (Å²) in [6.07, 6.45) is 1.89. The van der Waals surface area contributed by atoms with E-state index in [-0.39, 0.29) is 0 Å². The van der Waals surface area contributed by atoms with Crippen LogP contribution in [0.5, 0.6) is 5.88 Å². The number of hydrogen-bond donors (Lipinski definition) is 0. The summed E-state index contributed by atoms with van der Waals surface area (Å²) in [5.74, 6) is 1.63. The molecule has 3 rings (SSSR count). The van der Waals surface area contributed by atoms with Gasteiger partial charge in [0.2, 0.25) is 5.88 Å². The first-order chi connectivity index (χ1) is 10.7. The van der Waals surface area contributed by atoms with E-state index in [0.29, 0.717) is 5.88 Å². The standard InChI is InChI=1S/C16H21N5O/c1-13-3-5-15(19-18-13)21-9-7-20(8-10-21)12-14-4-6-16(22-2)17-11-14/h3-6,11H,7-10,12H2,1-2H3.